The number of hydrogen-bond donors (Lipinski definition) is 8. The van der Waals surface area contributed by atoms with Gasteiger partial charge in [-0.15, -0.1) is 0 Å². The number of likely N-dealkylation sites (tertiary alicyclic amines) is 1. The standard InChI is InChI=1S/C28H36N8O5/c29-25-33-21-19(12-35-23(38)17-9-3-4-10-18(17)24(35)39)31-26(30)36-13-20(28(40,41)27(21,36)34-25)32-22(37)16-11-5-7-14-6-1-2-8-15(14)16/h5,7,11,17-21,40-41H,1-4,6,8-10,12-13H2,(H2,30,31)(H,32,37)(H3,29,33,34)/t17?,18?,19-,20?,21-,27-/m0/s1. The average molecular weight is 565 g/mol. The van der Waals surface area contributed by atoms with Crippen LogP contribution in [0.15, 0.2) is 18.2 Å². The van der Waals surface area contributed by atoms with Gasteiger partial charge in [0.2, 0.25) is 17.6 Å². The summed E-state index contributed by atoms with van der Waals surface area (Å²) in [7, 11) is 0. The molecule has 0 aromatic heterocycles. The fourth-order valence-corrected chi connectivity index (χ4v) is 8.17. The molecular weight excluding hydrogens is 528 g/mol. The van der Waals surface area contributed by atoms with Crippen molar-refractivity contribution in [1.29, 1.82) is 10.8 Å². The summed E-state index contributed by atoms with van der Waals surface area (Å²) >= 11 is 0. The Morgan fingerprint density at radius 1 is 1.02 bits per heavy atom. The Morgan fingerprint density at radius 3 is 2.46 bits per heavy atom. The number of fused-ring (bicyclic) bond motifs is 2. The van der Waals surface area contributed by atoms with Crippen molar-refractivity contribution in [2.45, 2.75) is 80.9 Å². The van der Waals surface area contributed by atoms with Gasteiger partial charge in [0.25, 0.3) is 5.91 Å². The fraction of sp³-hybridized carbons (Fsp3) is 0.607. The van der Waals surface area contributed by atoms with Crippen LogP contribution >= 0.6 is 0 Å². The van der Waals surface area contributed by atoms with E-state index < -0.39 is 35.5 Å². The number of carbonyl (C=O) groups is 3. The third-order valence-corrected chi connectivity index (χ3v) is 10.2. The maximum atomic E-state index is 13.5. The molecule has 13 nitrogen and oxygen atoms in total. The van der Waals surface area contributed by atoms with Crippen LogP contribution in [0.25, 0.3) is 0 Å². The van der Waals surface area contributed by atoms with Crippen LogP contribution in [-0.2, 0) is 22.4 Å². The molecule has 8 N–H and O–H groups in total. The number of guanidine groups is 2. The van der Waals surface area contributed by atoms with Gasteiger partial charge in [0, 0.05) is 12.1 Å². The number of imide groups is 1. The van der Waals surface area contributed by atoms with Crippen LogP contribution in [0.2, 0.25) is 0 Å². The Kier molecular flexibility index (Phi) is 5.85. The Labute approximate surface area is 237 Å². The number of aryl methyl sites for hydroxylation is 1. The van der Waals surface area contributed by atoms with Gasteiger partial charge in [-0.1, -0.05) is 25.0 Å². The highest BCUT2D eigenvalue weighted by Crippen LogP contribution is 2.44. The van der Waals surface area contributed by atoms with Gasteiger partial charge >= 0.3 is 0 Å². The Morgan fingerprint density at radius 2 is 1.73 bits per heavy atom. The van der Waals surface area contributed by atoms with Crippen LogP contribution in [0.5, 0.6) is 0 Å². The molecule has 4 heterocycles. The van der Waals surface area contributed by atoms with Crippen molar-refractivity contribution in [3.63, 3.8) is 0 Å². The molecule has 41 heavy (non-hydrogen) atoms. The van der Waals surface area contributed by atoms with Gasteiger partial charge in [0.05, 0.1) is 30.5 Å². The number of nitrogens with one attached hydrogen (secondary N) is 6. The molecule has 6 aliphatic rings. The molecule has 7 rings (SSSR count). The van der Waals surface area contributed by atoms with Crippen molar-refractivity contribution in [2.24, 2.45) is 11.8 Å². The number of amides is 3. The molecule has 218 valence electrons. The van der Waals surface area contributed by atoms with Gasteiger partial charge in [-0.2, -0.15) is 0 Å². The SMILES string of the molecule is N=C1N[C@H]2[C@H](CN3C(=O)C4CCCCC4C3=O)NC(=N)N3CC(NC(=O)c4cccc5c4CCCC5)C(O)(O)[C@]23N1. The van der Waals surface area contributed by atoms with Crippen LogP contribution < -0.4 is 21.3 Å². The molecule has 4 saturated heterocycles. The summed E-state index contributed by atoms with van der Waals surface area (Å²) in [4.78, 5) is 42.6. The lowest BCUT2D eigenvalue weighted by molar-refractivity contribution is -0.232. The van der Waals surface area contributed by atoms with E-state index >= 15 is 0 Å². The third kappa shape index (κ3) is 3.64. The molecule has 4 aliphatic heterocycles. The number of benzene rings is 1. The zero-order chi connectivity index (χ0) is 28.7. The first kappa shape index (κ1) is 26.2. The fourth-order valence-electron chi connectivity index (χ4n) is 8.17. The highest BCUT2D eigenvalue weighted by Gasteiger charge is 2.74. The average Bonchev–Trinajstić information content (AvgIpc) is 3.52. The van der Waals surface area contributed by atoms with Gasteiger partial charge in [-0.05, 0) is 55.7 Å². The molecule has 3 amide bonds. The number of hydrogen-bond acceptors (Lipinski definition) is 7. The summed E-state index contributed by atoms with van der Waals surface area (Å²) in [6, 6.07) is 2.67. The first-order valence-electron chi connectivity index (χ1n) is 14.6. The maximum Gasteiger partial charge on any atom is 0.252 e. The van der Waals surface area contributed by atoms with Crippen molar-refractivity contribution < 1.29 is 24.6 Å². The van der Waals surface area contributed by atoms with E-state index in [4.69, 9.17) is 10.8 Å². The first-order valence-corrected chi connectivity index (χ1v) is 14.6. The molecule has 1 saturated carbocycles. The Hall–Kier alpha value is -3.71. The highest BCUT2D eigenvalue weighted by atomic mass is 16.5. The van der Waals surface area contributed by atoms with E-state index in [-0.39, 0.29) is 48.7 Å². The molecule has 5 fully saturated rings. The lowest BCUT2D eigenvalue weighted by Gasteiger charge is -2.51. The van der Waals surface area contributed by atoms with Gasteiger partial charge in [0.15, 0.2) is 17.6 Å². The third-order valence-electron chi connectivity index (χ3n) is 10.2. The van der Waals surface area contributed by atoms with Gasteiger partial charge in [-0.25, -0.2) is 0 Å². The number of rotatable bonds is 4. The molecule has 0 bridgehead atoms. The molecule has 0 radical (unpaired) electrons. The van der Waals surface area contributed by atoms with Gasteiger partial charge in [0.1, 0.15) is 6.04 Å². The van der Waals surface area contributed by atoms with E-state index in [9.17, 15) is 24.6 Å². The quantitative estimate of drug-likeness (QED) is 0.166. The summed E-state index contributed by atoms with van der Waals surface area (Å²) in [6.07, 6.45) is 6.87. The van der Waals surface area contributed by atoms with Crippen molar-refractivity contribution in [1.82, 2.24) is 31.1 Å². The lowest BCUT2D eigenvalue weighted by Crippen LogP contribution is -2.81. The first-order chi connectivity index (χ1) is 19.6. The van der Waals surface area contributed by atoms with E-state index in [0.29, 0.717) is 18.4 Å². The van der Waals surface area contributed by atoms with E-state index in [0.717, 1.165) is 49.7 Å². The van der Waals surface area contributed by atoms with Crippen LogP contribution in [-0.4, -0.2) is 92.3 Å². The van der Waals surface area contributed by atoms with Gasteiger partial charge < -0.3 is 36.4 Å². The van der Waals surface area contributed by atoms with E-state index in [2.05, 4.69) is 21.3 Å². The van der Waals surface area contributed by atoms with E-state index in [1.165, 1.54) is 9.80 Å². The summed E-state index contributed by atoms with van der Waals surface area (Å²) in [5.74, 6) is -4.52. The lowest BCUT2D eigenvalue weighted by atomic mass is 9.81. The monoisotopic (exact) mass is 564 g/mol. The topological polar surface area (TPSA) is 194 Å². The van der Waals surface area contributed by atoms with Crippen LogP contribution in [0.4, 0.5) is 0 Å². The molecule has 6 atom stereocenters. The Balaban J connectivity index is 1.17. The second-order valence-corrected chi connectivity index (χ2v) is 12.3. The number of carbonyl (C=O) groups excluding carboxylic acids is 3. The molecule has 2 aliphatic carbocycles. The van der Waals surface area contributed by atoms with Crippen molar-refractivity contribution in [2.75, 3.05) is 13.1 Å². The highest BCUT2D eigenvalue weighted by molar-refractivity contribution is 6.05. The molecule has 1 aromatic rings. The van der Waals surface area contributed by atoms with Crippen LogP contribution in [0.1, 0.15) is 60.0 Å². The number of nitrogens with zero attached hydrogens (tertiary/aromatic N) is 2. The summed E-state index contributed by atoms with van der Waals surface area (Å²) in [6.45, 7) is -0.199. The molecule has 1 spiro atoms. The van der Waals surface area contributed by atoms with Crippen molar-refractivity contribution >= 4 is 29.6 Å². The predicted octanol–water partition coefficient (Wildman–Crippen LogP) is -1.07. The minimum absolute atomic E-state index is 0.0848. The van der Waals surface area contributed by atoms with E-state index in [1.807, 2.05) is 12.1 Å². The summed E-state index contributed by atoms with van der Waals surface area (Å²) in [5.41, 5.74) is 0.798. The predicted molar refractivity (Wildman–Crippen MR) is 146 cm³/mol. The maximum absolute atomic E-state index is 13.5. The smallest absolute Gasteiger partial charge is 0.252 e. The zero-order valence-corrected chi connectivity index (χ0v) is 22.7. The molecular formula is C28H36N8O5. The minimum atomic E-state index is -2.63. The van der Waals surface area contributed by atoms with Crippen LogP contribution in [0, 0.1) is 22.7 Å². The largest absolute Gasteiger partial charge is 0.361 e. The zero-order valence-electron chi connectivity index (χ0n) is 22.7. The molecule has 3 unspecified atom stereocenters. The Bertz CT molecular complexity index is 1340. The summed E-state index contributed by atoms with van der Waals surface area (Å²) in [5, 5.41) is 52.3. The second kappa shape index (κ2) is 9.15. The summed E-state index contributed by atoms with van der Waals surface area (Å²) < 4.78 is 0. The van der Waals surface area contributed by atoms with Crippen LogP contribution in [0.3, 0.4) is 0 Å². The number of aliphatic hydroxyl groups is 2. The second-order valence-electron chi connectivity index (χ2n) is 12.3. The molecule has 1 aromatic carbocycles. The van der Waals surface area contributed by atoms with Crippen molar-refractivity contribution in [3.8, 4) is 0 Å². The minimum Gasteiger partial charge on any atom is -0.361 e. The van der Waals surface area contributed by atoms with E-state index in [1.54, 1.807) is 6.07 Å². The molecule has 13 heteroatoms. The van der Waals surface area contributed by atoms with Crippen molar-refractivity contribution in [3.05, 3.63) is 34.9 Å². The normalized spacial score (nSPS) is 35.1. The van der Waals surface area contributed by atoms with Gasteiger partial charge in [-0.3, -0.25) is 30.1 Å².